The minimum atomic E-state index is -3.17. The lowest BCUT2D eigenvalue weighted by atomic mass is 10.3. The van der Waals surface area contributed by atoms with Gasteiger partial charge in [-0.25, -0.2) is 13.1 Å². The fourth-order valence-corrected chi connectivity index (χ4v) is 1.60. The molecule has 0 amide bonds. The molecule has 0 fully saturated rings. The molecule has 0 heterocycles. The molecule has 0 aliphatic heterocycles. The number of nitrogens with one attached hydrogen (secondary N) is 2. The van der Waals surface area contributed by atoms with Gasteiger partial charge in [0.15, 0.2) is 0 Å². The molecule has 0 aromatic carbocycles. The van der Waals surface area contributed by atoms with Gasteiger partial charge < -0.3 is 5.32 Å². The summed E-state index contributed by atoms with van der Waals surface area (Å²) in [4.78, 5) is 0. The normalized spacial score (nSPS) is 13.1. The van der Waals surface area contributed by atoms with Gasteiger partial charge in [0.05, 0.1) is 4.75 Å². The van der Waals surface area contributed by atoms with Crippen LogP contribution in [-0.2, 0) is 10.0 Å². The van der Waals surface area contributed by atoms with E-state index in [2.05, 4.69) is 17.0 Å². The number of hydrogen-bond donors (Lipinski definition) is 2. The first kappa shape index (κ1) is 13.9. The molecular formula is C9H22N2O2S. The lowest BCUT2D eigenvalue weighted by molar-refractivity contribution is 0.541. The van der Waals surface area contributed by atoms with E-state index in [0.29, 0.717) is 13.1 Å². The maximum absolute atomic E-state index is 11.5. The van der Waals surface area contributed by atoms with Crippen LogP contribution >= 0.6 is 0 Å². The minimum Gasteiger partial charge on any atom is -0.315 e. The molecule has 0 saturated carbocycles. The predicted octanol–water partition coefficient (Wildman–Crippen LogP) is 0.704. The van der Waals surface area contributed by atoms with Gasteiger partial charge in [-0.2, -0.15) is 0 Å². The second-order valence-electron chi connectivity index (χ2n) is 4.26. The van der Waals surface area contributed by atoms with Crippen LogP contribution in [0.5, 0.6) is 0 Å². The predicted molar refractivity (Wildman–Crippen MR) is 59.8 cm³/mol. The van der Waals surface area contributed by atoms with Crippen LogP contribution < -0.4 is 10.0 Å². The molecule has 0 radical (unpaired) electrons. The first-order valence-electron chi connectivity index (χ1n) is 5.01. The van der Waals surface area contributed by atoms with Crippen molar-refractivity contribution < 1.29 is 8.42 Å². The molecule has 0 aliphatic rings. The maximum Gasteiger partial charge on any atom is 0.216 e. The van der Waals surface area contributed by atoms with E-state index < -0.39 is 14.8 Å². The molecule has 5 heteroatoms. The average Bonchev–Trinajstić information content (AvgIpc) is 2.02. The smallest absolute Gasteiger partial charge is 0.216 e. The molecule has 0 aromatic rings. The van der Waals surface area contributed by atoms with Crippen molar-refractivity contribution in [1.29, 1.82) is 0 Å². The lowest BCUT2D eigenvalue weighted by Crippen LogP contribution is -2.42. The first-order chi connectivity index (χ1) is 6.31. The van der Waals surface area contributed by atoms with Gasteiger partial charge in [0.1, 0.15) is 0 Å². The number of rotatable bonds is 6. The third kappa shape index (κ3) is 4.93. The highest BCUT2D eigenvalue weighted by Gasteiger charge is 2.27. The zero-order valence-corrected chi connectivity index (χ0v) is 10.4. The summed E-state index contributed by atoms with van der Waals surface area (Å²) in [6.07, 6.45) is 1.06. The van der Waals surface area contributed by atoms with E-state index in [4.69, 9.17) is 0 Å². The van der Waals surface area contributed by atoms with Gasteiger partial charge in [-0.3, -0.25) is 0 Å². The van der Waals surface area contributed by atoms with Crippen molar-refractivity contribution in [3.63, 3.8) is 0 Å². The van der Waals surface area contributed by atoms with Crippen molar-refractivity contribution in [2.75, 3.05) is 19.6 Å². The Morgan fingerprint density at radius 3 is 2.07 bits per heavy atom. The van der Waals surface area contributed by atoms with Crippen molar-refractivity contribution in [2.24, 2.45) is 0 Å². The molecular weight excluding hydrogens is 200 g/mol. The monoisotopic (exact) mass is 222 g/mol. The highest BCUT2D eigenvalue weighted by molar-refractivity contribution is 7.90. The van der Waals surface area contributed by atoms with E-state index >= 15 is 0 Å². The summed E-state index contributed by atoms with van der Waals surface area (Å²) in [6.45, 7) is 9.21. The van der Waals surface area contributed by atoms with Crippen LogP contribution in [-0.4, -0.2) is 32.8 Å². The van der Waals surface area contributed by atoms with Gasteiger partial charge >= 0.3 is 0 Å². The van der Waals surface area contributed by atoms with E-state index in [-0.39, 0.29) is 0 Å². The summed E-state index contributed by atoms with van der Waals surface area (Å²) in [7, 11) is -3.17. The van der Waals surface area contributed by atoms with Gasteiger partial charge in [-0.15, -0.1) is 0 Å². The van der Waals surface area contributed by atoms with E-state index in [9.17, 15) is 8.42 Å². The molecule has 14 heavy (non-hydrogen) atoms. The van der Waals surface area contributed by atoms with E-state index in [0.717, 1.165) is 13.0 Å². The standard InChI is InChI=1S/C9H22N2O2S/c1-5-6-10-7-8-11-14(12,13)9(2,3)4/h10-11H,5-8H2,1-4H3. The molecule has 0 bridgehead atoms. The molecule has 0 atom stereocenters. The molecule has 86 valence electrons. The Morgan fingerprint density at radius 2 is 1.64 bits per heavy atom. The second-order valence-corrected chi connectivity index (χ2v) is 6.78. The Hall–Kier alpha value is -0.130. The summed E-state index contributed by atoms with van der Waals surface area (Å²) in [5.41, 5.74) is 0. The zero-order valence-electron chi connectivity index (χ0n) is 9.55. The highest BCUT2D eigenvalue weighted by Crippen LogP contribution is 2.12. The summed E-state index contributed by atoms with van der Waals surface area (Å²) in [5.74, 6) is 0. The van der Waals surface area contributed by atoms with Crippen LogP contribution in [0.25, 0.3) is 0 Å². The van der Waals surface area contributed by atoms with E-state index in [1.807, 2.05) is 0 Å². The first-order valence-corrected chi connectivity index (χ1v) is 6.49. The Labute approximate surface area is 87.5 Å². The fourth-order valence-electron chi connectivity index (χ4n) is 0.792. The second kappa shape index (κ2) is 5.68. The molecule has 4 nitrogen and oxygen atoms in total. The Balaban J connectivity index is 3.80. The molecule has 0 unspecified atom stereocenters. The summed E-state index contributed by atoms with van der Waals surface area (Å²) < 4.78 is 24.9. The van der Waals surface area contributed by atoms with Crippen LogP contribution in [0.15, 0.2) is 0 Å². The van der Waals surface area contributed by atoms with Crippen LogP contribution in [0.4, 0.5) is 0 Å². The van der Waals surface area contributed by atoms with E-state index in [1.54, 1.807) is 20.8 Å². The lowest BCUT2D eigenvalue weighted by Gasteiger charge is -2.19. The van der Waals surface area contributed by atoms with E-state index in [1.165, 1.54) is 0 Å². The third-order valence-electron chi connectivity index (χ3n) is 1.83. The van der Waals surface area contributed by atoms with Gasteiger partial charge in [0.2, 0.25) is 10.0 Å². The summed E-state index contributed by atoms with van der Waals surface area (Å²) in [6, 6.07) is 0. The zero-order chi connectivity index (χ0) is 11.2. The summed E-state index contributed by atoms with van der Waals surface area (Å²) >= 11 is 0. The van der Waals surface area contributed by atoms with Crippen molar-refractivity contribution in [2.45, 2.75) is 38.9 Å². The maximum atomic E-state index is 11.5. The van der Waals surface area contributed by atoms with Gasteiger partial charge in [-0.1, -0.05) is 6.92 Å². The van der Waals surface area contributed by atoms with Crippen molar-refractivity contribution >= 4 is 10.0 Å². The molecule has 2 N–H and O–H groups in total. The van der Waals surface area contributed by atoms with Gasteiger partial charge in [0.25, 0.3) is 0 Å². The molecule has 0 rings (SSSR count). The van der Waals surface area contributed by atoms with Crippen LogP contribution in [0, 0.1) is 0 Å². The molecule has 0 aromatic heterocycles. The molecule has 0 aliphatic carbocycles. The SMILES string of the molecule is CCCNCCNS(=O)(=O)C(C)(C)C. The Bertz CT molecular complexity index is 242. The number of hydrogen-bond acceptors (Lipinski definition) is 3. The van der Waals surface area contributed by atoms with Crippen molar-refractivity contribution in [3.8, 4) is 0 Å². The van der Waals surface area contributed by atoms with Crippen LogP contribution in [0.2, 0.25) is 0 Å². The van der Waals surface area contributed by atoms with Gasteiger partial charge in [-0.05, 0) is 33.7 Å². The Kier molecular flexibility index (Phi) is 5.63. The van der Waals surface area contributed by atoms with Gasteiger partial charge in [0, 0.05) is 13.1 Å². The van der Waals surface area contributed by atoms with Crippen LogP contribution in [0.1, 0.15) is 34.1 Å². The fraction of sp³-hybridized carbons (Fsp3) is 1.00. The molecule has 0 saturated heterocycles. The average molecular weight is 222 g/mol. The van der Waals surface area contributed by atoms with Crippen molar-refractivity contribution in [1.82, 2.24) is 10.0 Å². The topological polar surface area (TPSA) is 58.2 Å². The van der Waals surface area contributed by atoms with Crippen molar-refractivity contribution in [3.05, 3.63) is 0 Å². The quantitative estimate of drug-likeness (QED) is 0.651. The highest BCUT2D eigenvalue weighted by atomic mass is 32.2. The third-order valence-corrected chi connectivity index (χ3v) is 4.02. The number of sulfonamides is 1. The Morgan fingerprint density at radius 1 is 1.07 bits per heavy atom. The summed E-state index contributed by atoms with van der Waals surface area (Å²) in [5, 5.41) is 3.13. The molecule has 0 spiro atoms. The largest absolute Gasteiger partial charge is 0.315 e. The minimum absolute atomic E-state index is 0.458. The van der Waals surface area contributed by atoms with Crippen LogP contribution in [0.3, 0.4) is 0 Å².